The standard InChI is InChI=1S/C16H10ClNO3/c17-13-9-5-4-8-12(13)14-16(20-10-19)18-15(21-14)11-6-2-1-3-7-11/h1-10H. The van der Waals surface area contributed by atoms with Crippen molar-refractivity contribution in [2.24, 2.45) is 0 Å². The van der Waals surface area contributed by atoms with Gasteiger partial charge in [0, 0.05) is 11.1 Å². The molecule has 0 amide bonds. The van der Waals surface area contributed by atoms with Crippen molar-refractivity contribution in [3.05, 3.63) is 59.6 Å². The number of hydrogen-bond acceptors (Lipinski definition) is 4. The Hall–Kier alpha value is -2.59. The highest BCUT2D eigenvalue weighted by Gasteiger charge is 2.19. The molecule has 3 aromatic rings. The number of ether oxygens (including phenoxy) is 1. The number of carbonyl (C=O) groups excluding carboxylic acids is 1. The zero-order valence-electron chi connectivity index (χ0n) is 10.8. The van der Waals surface area contributed by atoms with Crippen LogP contribution in [0.4, 0.5) is 0 Å². The normalized spacial score (nSPS) is 10.3. The molecule has 104 valence electrons. The first-order valence-electron chi connectivity index (χ1n) is 6.21. The van der Waals surface area contributed by atoms with Crippen molar-refractivity contribution in [1.29, 1.82) is 0 Å². The molecular formula is C16H10ClNO3. The Balaban J connectivity index is 2.14. The van der Waals surface area contributed by atoms with E-state index in [1.807, 2.05) is 36.4 Å². The van der Waals surface area contributed by atoms with Crippen molar-refractivity contribution in [2.75, 3.05) is 0 Å². The second-order valence-corrected chi connectivity index (χ2v) is 4.62. The van der Waals surface area contributed by atoms with Crippen LogP contribution < -0.4 is 4.74 Å². The summed E-state index contributed by atoms with van der Waals surface area (Å²) in [5.74, 6) is 0.783. The molecule has 1 heterocycles. The van der Waals surface area contributed by atoms with Gasteiger partial charge in [0.25, 0.3) is 12.4 Å². The molecule has 0 atom stereocenters. The lowest BCUT2D eigenvalue weighted by Crippen LogP contribution is -1.91. The predicted molar refractivity (Wildman–Crippen MR) is 79.1 cm³/mol. The Morgan fingerprint density at radius 3 is 2.48 bits per heavy atom. The quantitative estimate of drug-likeness (QED) is 0.678. The van der Waals surface area contributed by atoms with Crippen molar-refractivity contribution < 1.29 is 13.9 Å². The van der Waals surface area contributed by atoms with E-state index >= 15 is 0 Å². The van der Waals surface area contributed by atoms with Gasteiger partial charge in [-0.15, -0.1) is 0 Å². The van der Waals surface area contributed by atoms with E-state index < -0.39 is 0 Å². The molecule has 1 aromatic heterocycles. The van der Waals surface area contributed by atoms with Crippen LogP contribution in [0.3, 0.4) is 0 Å². The summed E-state index contributed by atoms with van der Waals surface area (Å²) < 4.78 is 10.6. The Kier molecular flexibility index (Phi) is 3.71. The van der Waals surface area contributed by atoms with Gasteiger partial charge in [0.15, 0.2) is 0 Å². The van der Waals surface area contributed by atoms with Gasteiger partial charge in [-0.2, -0.15) is 4.98 Å². The first-order valence-corrected chi connectivity index (χ1v) is 6.59. The molecule has 2 aromatic carbocycles. The van der Waals surface area contributed by atoms with E-state index in [-0.39, 0.29) is 5.88 Å². The third-order valence-corrected chi connectivity index (χ3v) is 3.22. The van der Waals surface area contributed by atoms with E-state index in [0.717, 1.165) is 5.56 Å². The van der Waals surface area contributed by atoms with Crippen LogP contribution in [-0.4, -0.2) is 11.5 Å². The number of rotatable bonds is 4. The van der Waals surface area contributed by atoms with Gasteiger partial charge < -0.3 is 9.15 Å². The molecule has 0 saturated carbocycles. The molecule has 4 nitrogen and oxygen atoms in total. The molecule has 0 radical (unpaired) electrons. The molecule has 0 fully saturated rings. The fourth-order valence-electron chi connectivity index (χ4n) is 1.95. The lowest BCUT2D eigenvalue weighted by atomic mass is 10.2. The first kappa shape index (κ1) is 13.4. The highest BCUT2D eigenvalue weighted by Crippen LogP contribution is 2.37. The van der Waals surface area contributed by atoms with Gasteiger partial charge in [0.1, 0.15) is 0 Å². The highest BCUT2D eigenvalue weighted by molar-refractivity contribution is 6.33. The average molecular weight is 300 g/mol. The van der Waals surface area contributed by atoms with Crippen LogP contribution in [0.15, 0.2) is 59.0 Å². The molecule has 0 bridgehead atoms. The Labute approximate surface area is 126 Å². The van der Waals surface area contributed by atoms with Crippen LogP contribution >= 0.6 is 11.6 Å². The van der Waals surface area contributed by atoms with Crippen molar-refractivity contribution >= 4 is 18.1 Å². The molecule has 5 heteroatoms. The Morgan fingerprint density at radius 2 is 1.76 bits per heavy atom. The van der Waals surface area contributed by atoms with E-state index in [0.29, 0.717) is 28.7 Å². The van der Waals surface area contributed by atoms with Crippen molar-refractivity contribution in [3.63, 3.8) is 0 Å². The Bertz CT molecular complexity index is 768. The van der Waals surface area contributed by atoms with Crippen molar-refractivity contribution in [1.82, 2.24) is 4.98 Å². The summed E-state index contributed by atoms with van der Waals surface area (Å²) in [4.78, 5) is 14.9. The molecule has 0 N–H and O–H groups in total. The molecule has 0 aliphatic rings. The summed E-state index contributed by atoms with van der Waals surface area (Å²) in [6.45, 7) is 0.312. The van der Waals surface area contributed by atoms with Crippen molar-refractivity contribution in [3.8, 4) is 28.7 Å². The molecular weight excluding hydrogens is 290 g/mol. The van der Waals surface area contributed by atoms with E-state index in [1.54, 1.807) is 18.2 Å². The van der Waals surface area contributed by atoms with Crippen LogP contribution in [0.5, 0.6) is 5.88 Å². The van der Waals surface area contributed by atoms with Crippen LogP contribution in [0.25, 0.3) is 22.8 Å². The van der Waals surface area contributed by atoms with Crippen LogP contribution in [0.1, 0.15) is 0 Å². The summed E-state index contributed by atoms with van der Waals surface area (Å²) >= 11 is 6.15. The molecule has 0 spiro atoms. The van der Waals surface area contributed by atoms with Gasteiger partial charge >= 0.3 is 0 Å². The lowest BCUT2D eigenvalue weighted by molar-refractivity contribution is -0.120. The number of oxazole rings is 1. The number of aromatic nitrogens is 1. The van der Waals surface area contributed by atoms with Crippen LogP contribution in [0.2, 0.25) is 5.02 Å². The van der Waals surface area contributed by atoms with Gasteiger partial charge in [-0.25, -0.2) is 0 Å². The van der Waals surface area contributed by atoms with Gasteiger partial charge in [-0.05, 0) is 24.3 Å². The minimum absolute atomic E-state index is 0.0944. The maximum Gasteiger partial charge on any atom is 0.299 e. The summed E-state index contributed by atoms with van der Waals surface area (Å²) in [6, 6.07) is 16.5. The fraction of sp³-hybridized carbons (Fsp3) is 0. The minimum Gasteiger partial charge on any atom is -0.432 e. The van der Waals surface area contributed by atoms with Crippen molar-refractivity contribution in [2.45, 2.75) is 0 Å². The first-order chi connectivity index (χ1) is 10.3. The zero-order valence-corrected chi connectivity index (χ0v) is 11.6. The van der Waals surface area contributed by atoms with E-state index in [1.165, 1.54) is 0 Å². The van der Waals surface area contributed by atoms with E-state index in [9.17, 15) is 4.79 Å². The second kappa shape index (κ2) is 5.81. The summed E-state index contributed by atoms with van der Waals surface area (Å²) in [5.41, 5.74) is 1.40. The molecule has 0 saturated heterocycles. The zero-order chi connectivity index (χ0) is 14.7. The minimum atomic E-state index is 0.0944. The van der Waals surface area contributed by atoms with Gasteiger partial charge in [-0.1, -0.05) is 41.9 Å². The molecule has 0 unspecified atom stereocenters. The predicted octanol–water partition coefficient (Wildman–Crippen LogP) is 4.20. The van der Waals surface area contributed by atoms with Gasteiger partial charge in [0.2, 0.25) is 11.7 Å². The summed E-state index contributed by atoms with van der Waals surface area (Å²) in [7, 11) is 0. The maximum absolute atomic E-state index is 10.7. The summed E-state index contributed by atoms with van der Waals surface area (Å²) in [5, 5.41) is 0.490. The summed E-state index contributed by atoms with van der Waals surface area (Å²) in [6.07, 6.45) is 0. The third-order valence-electron chi connectivity index (χ3n) is 2.90. The number of halogens is 1. The number of hydrogen-bond donors (Lipinski definition) is 0. The van der Waals surface area contributed by atoms with Gasteiger partial charge in [-0.3, -0.25) is 4.79 Å². The largest absolute Gasteiger partial charge is 0.432 e. The molecule has 0 aliphatic carbocycles. The van der Waals surface area contributed by atoms with Crippen LogP contribution in [0, 0.1) is 0 Å². The topological polar surface area (TPSA) is 52.3 Å². The number of carbonyl (C=O) groups is 1. The third kappa shape index (κ3) is 2.66. The second-order valence-electron chi connectivity index (χ2n) is 4.21. The van der Waals surface area contributed by atoms with E-state index in [4.69, 9.17) is 20.8 Å². The fourth-order valence-corrected chi connectivity index (χ4v) is 2.17. The monoisotopic (exact) mass is 299 g/mol. The lowest BCUT2D eigenvalue weighted by Gasteiger charge is -2.00. The van der Waals surface area contributed by atoms with Crippen LogP contribution in [-0.2, 0) is 4.79 Å². The smallest absolute Gasteiger partial charge is 0.299 e. The molecule has 3 rings (SSSR count). The molecule has 21 heavy (non-hydrogen) atoms. The SMILES string of the molecule is O=COc1nc(-c2ccccc2)oc1-c1ccccc1Cl. The number of nitrogens with zero attached hydrogens (tertiary/aromatic N) is 1. The highest BCUT2D eigenvalue weighted by atomic mass is 35.5. The van der Waals surface area contributed by atoms with E-state index in [2.05, 4.69) is 4.98 Å². The maximum atomic E-state index is 10.7. The molecule has 0 aliphatic heterocycles. The number of benzene rings is 2. The Morgan fingerprint density at radius 1 is 1.05 bits per heavy atom. The van der Waals surface area contributed by atoms with Gasteiger partial charge in [0.05, 0.1) is 5.02 Å². The average Bonchev–Trinajstić information content (AvgIpc) is 2.93.